The van der Waals surface area contributed by atoms with Crippen molar-refractivity contribution in [1.82, 2.24) is 25.4 Å². The molecule has 1 rings (SSSR count). The van der Waals surface area contributed by atoms with Gasteiger partial charge in [-0.1, -0.05) is 11.8 Å². The van der Waals surface area contributed by atoms with E-state index in [1.54, 1.807) is 9.88 Å². The fraction of sp³-hybridized carbons (Fsp3) is 0.556. The zero-order valence-corrected chi connectivity index (χ0v) is 11.2. The van der Waals surface area contributed by atoms with Crippen LogP contribution < -0.4 is 10.6 Å². The van der Waals surface area contributed by atoms with Gasteiger partial charge in [0.25, 0.3) is 0 Å². The van der Waals surface area contributed by atoms with Crippen molar-refractivity contribution < 1.29 is 22.8 Å². The van der Waals surface area contributed by atoms with Crippen molar-refractivity contribution in [2.24, 2.45) is 0 Å². The molecule has 1 heterocycles. The summed E-state index contributed by atoms with van der Waals surface area (Å²) in [4.78, 5) is 22.3. The first-order chi connectivity index (χ1) is 9.31. The minimum Gasteiger partial charge on any atom is -0.329 e. The number of nitrogens with zero attached hydrogens (tertiary/aromatic N) is 3. The predicted octanol–water partition coefficient (Wildman–Crippen LogP) is 0.778. The first kappa shape index (κ1) is 16.3. The fourth-order valence-electron chi connectivity index (χ4n) is 1.09. The second kappa shape index (κ2) is 7.12. The number of hydrogen-bond acceptors (Lipinski definition) is 5. The van der Waals surface area contributed by atoms with E-state index < -0.39 is 24.7 Å². The first-order valence-electron chi connectivity index (χ1n) is 5.47. The Kier molecular flexibility index (Phi) is 5.80. The lowest BCUT2D eigenvalue weighted by Crippen LogP contribution is -2.43. The number of urea groups is 1. The van der Waals surface area contributed by atoms with Crippen molar-refractivity contribution in [2.45, 2.75) is 24.8 Å². The van der Waals surface area contributed by atoms with E-state index in [1.807, 2.05) is 6.92 Å². The van der Waals surface area contributed by atoms with Crippen LogP contribution in [0.3, 0.4) is 0 Å². The Balaban J connectivity index is 2.32. The summed E-state index contributed by atoms with van der Waals surface area (Å²) in [6, 6.07) is -1.19. The Morgan fingerprint density at radius 2 is 2.15 bits per heavy atom. The lowest BCUT2D eigenvalue weighted by molar-refractivity contribution is -0.124. The Labute approximate surface area is 116 Å². The van der Waals surface area contributed by atoms with Gasteiger partial charge in [0.2, 0.25) is 5.91 Å². The van der Waals surface area contributed by atoms with Crippen molar-refractivity contribution in [3.63, 3.8) is 0 Å². The number of carbonyl (C=O) groups is 2. The molecule has 0 aliphatic heterocycles. The summed E-state index contributed by atoms with van der Waals surface area (Å²) in [5, 5.41) is 11.2. The number of imide groups is 1. The van der Waals surface area contributed by atoms with Crippen LogP contribution in [0, 0.1) is 0 Å². The van der Waals surface area contributed by atoms with Gasteiger partial charge in [-0.05, 0) is 6.92 Å². The van der Waals surface area contributed by atoms with E-state index in [-0.39, 0.29) is 5.75 Å². The molecule has 3 amide bonds. The second-order valence-corrected chi connectivity index (χ2v) is 4.48. The largest absolute Gasteiger partial charge is 0.405 e. The third kappa shape index (κ3) is 5.91. The van der Waals surface area contributed by atoms with Gasteiger partial charge < -0.3 is 9.88 Å². The summed E-state index contributed by atoms with van der Waals surface area (Å²) >= 11 is 1.03. The maximum Gasteiger partial charge on any atom is 0.405 e. The molecular formula is C9H12F3N5O2S. The topological polar surface area (TPSA) is 88.9 Å². The molecule has 0 aliphatic carbocycles. The molecule has 7 nitrogen and oxygen atoms in total. The van der Waals surface area contributed by atoms with Crippen LogP contribution in [0.1, 0.15) is 6.92 Å². The maximum atomic E-state index is 11.8. The summed E-state index contributed by atoms with van der Waals surface area (Å²) in [7, 11) is 0. The molecule has 0 aromatic carbocycles. The zero-order chi connectivity index (χ0) is 15.2. The number of aromatic nitrogens is 3. The smallest absolute Gasteiger partial charge is 0.329 e. The molecule has 2 N–H and O–H groups in total. The van der Waals surface area contributed by atoms with Crippen LogP contribution in [0.25, 0.3) is 0 Å². The van der Waals surface area contributed by atoms with E-state index in [1.165, 1.54) is 11.6 Å². The monoisotopic (exact) mass is 311 g/mol. The Bertz CT molecular complexity index is 476. The van der Waals surface area contributed by atoms with Gasteiger partial charge in [0, 0.05) is 6.54 Å². The molecule has 0 unspecified atom stereocenters. The molecule has 0 saturated carbocycles. The average Bonchev–Trinajstić information content (AvgIpc) is 2.80. The normalized spacial score (nSPS) is 11.2. The number of aryl methyl sites for hydroxylation is 1. The Morgan fingerprint density at radius 3 is 2.75 bits per heavy atom. The van der Waals surface area contributed by atoms with Crippen LogP contribution in [0.2, 0.25) is 0 Å². The van der Waals surface area contributed by atoms with Crippen molar-refractivity contribution in [3.8, 4) is 0 Å². The van der Waals surface area contributed by atoms with Gasteiger partial charge in [0.1, 0.15) is 12.9 Å². The number of amides is 3. The predicted molar refractivity (Wildman–Crippen MR) is 64.0 cm³/mol. The van der Waals surface area contributed by atoms with E-state index in [0.717, 1.165) is 11.8 Å². The van der Waals surface area contributed by atoms with E-state index >= 15 is 0 Å². The van der Waals surface area contributed by atoms with Crippen molar-refractivity contribution in [3.05, 3.63) is 6.33 Å². The van der Waals surface area contributed by atoms with Crippen LogP contribution in [-0.4, -0.2) is 45.2 Å². The van der Waals surface area contributed by atoms with Gasteiger partial charge in [-0.15, -0.1) is 10.2 Å². The highest BCUT2D eigenvalue weighted by Gasteiger charge is 2.27. The molecule has 0 bridgehead atoms. The molecule has 1 aromatic rings. The van der Waals surface area contributed by atoms with Crippen molar-refractivity contribution in [2.75, 3.05) is 12.3 Å². The molecule has 20 heavy (non-hydrogen) atoms. The maximum absolute atomic E-state index is 11.8. The number of nitrogens with one attached hydrogen (secondary N) is 2. The molecule has 11 heteroatoms. The first-order valence-corrected chi connectivity index (χ1v) is 6.45. The Hall–Kier alpha value is -1.78. The standard InChI is InChI=1S/C9H12F3N5O2S/c1-2-17-5-14-16-8(17)20-3-6(18)15-7(19)13-4-9(10,11)12/h5H,2-4H2,1H3,(H2,13,15,18,19). The molecule has 1 aromatic heterocycles. The molecule has 0 fully saturated rings. The van der Waals surface area contributed by atoms with E-state index in [9.17, 15) is 22.8 Å². The molecule has 0 saturated heterocycles. The van der Waals surface area contributed by atoms with Gasteiger partial charge in [0.05, 0.1) is 5.75 Å². The van der Waals surface area contributed by atoms with E-state index in [0.29, 0.717) is 11.7 Å². The van der Waals surface area contributed by atoms with Crippen molar-refractivity contribution >= 4 is 23.7 Å². The van der Waals surface area contributed by atoms with Gasteiger partial charge >= 0.3 is 12.2 Å². The highest BCUT2D eigenvalue weighted by molar-refractivity contribution is 7.99. The van der Waals surface area contributed by atoms with Gasteiger partial charge in [0.15, 0.2) is 5.16 Å². The zero-order valence-electron chi connectivity index (χ0n) is 10.4. The SMILES string of the molecule is CCn1cnnc1SCC(=O)NC(=O)NCC(F)(F)F. The summed E-state index contributed by atoms with van der Waals surface area (Å²) in [6.45, 7) is 0.977. The van der Waals surface area contributed by atoms with Crippen LogP contribution in [0.5, 0.6) is 0 Å². The highest BCUT2D eigenvalue weighted by Crippen LogP contribution is 2.14. The van der Waals surface area contributed by atoms with Crippen LogP contribution in [0.4, 0.5) is 18.0 Å². The molecule has 0 spiro atoms. The highest BCUT2D eigenvalue weighted by atomic mass is 32.2. The molecule has 0 radical (unpaired) electrons. The number of rotatable bonds is 5. The Morgan fingerprint density at radius 1 is 1.45 bits per heavy atom. The van der Waals surface area contributed by atoms with Gasteiger partial charge in [-0.2, -0.15) is 13.2 Å². The number of hydrogen-bond donors (Lipinski definition) is 2. The number of halogens is 3. The second-order valence-electron chi connectivity index (χ2n) is 3.53. The van der Waals surface area contributed by atoms with E-state index in [2.05, 4.69) is 10.2 Å². The van der Waals surface area contributed by atoms with Gasteiger partial charge in [-0.25, -0.2) is 4.79 Å². The molecule has 112 valence electrons. The lowest BCUT2D eigenvalue weighted by atomic mass is 10.6. The molecular weight excluding hydrogens is 299 g/mol. The summed E-state index contributed by atoms with van der Waals surface area (Å²) in [5.41, 5.74) is 0. The van der Waals surface area contributed by atoms with Crippen LogP contribution in [-0.2, 0) is 11.3 Å². The third-order valence-electron chi connectivity index (χ3n) is 1.96. The average molecular weight is 311 g/mol. The number of alkyl halides is 3. The third-order valence-corrected chi connectivity index (χ3v) is 2.94. The minimum atomic E-state index is -4.52. The van der Waals surface area contributed by atoms with Crippen LogP contribution >= 0.6 is 11.8 Å². The number of thioether (sulfide) groups is 1. The molecule has 0 aliphatic rings. The fourth-order valence-corrected chi connectivity index (χ4v) is 1.87. The van der Waals surface area contributed by atoms with Gasteiger partial charge in [-0.3, -0.25) is 10.1 Å². The van der Waals surface area contributed by atoms with Crippen LogP contribution in [0.15, 0.2) is 11.5 Å². The summed E-state index contributed by atoms with van der Waals surface area (Å²) < 4.78 is 37.1. The summed E-state index contributed by atoms with van der Waals surface area (Å²) in [6.07, 6.45) is -3.04. The van der Waals surface area contributed by atoms with Crippen molar-refractivity contribution in [1.29, 1.82) is 0 Å². The molecule has 0 atom stereocenters. The minimum absolute atomic E-state index is 0.155. The quantitative estimate of drug-likeness (QED) is 0.784. The van der Waals surface area contributed by atoms with E-state index in [4.69, 9.17) is 0 Å². The lowest BCUT2D eigenvalue weighted by Gasteiger charge is -2.08. The summed E-state index contributed by atoms with van der Waals surface area (Å²) in [5.74, 6) is -0.877. The number of carbonyl (C=O) groups excluding carboxylic acids is 2.